The van der Waals surface area contributed by atoms with E-state index in [1.165, 1.54) is 28.3 Å². The van der Waals surface area contributed by atoms with Crippen molar-refractivity contribution in [3.63, 3.8) is 0 Å². The van der Waals surface area contributed by atoms with Gasteiger partial charge in [-0.1, -0.05) is 67.4 Å². The molecule has 7 nitrogen and oxygen atoms in total. The van der Waals surface area contributed by atoms with Gasteiger partial charge in [0.1, 0.15) is 12.6 Å². The Labute approximate surface area is 200 Å². The molecule has 0 bridgehead atoms. The van der Waals surface area contributed by atoms with Crippen LogP contribution in [0.2, 0.25) is 0 Å². The second kappa shape index (κ2) is 12.6. The van der Waals surface area contributed by atoms with E-state index in [2.05, 4.69) is 41.5 Å². The van der Waals surface area contributed by atoms with Gasteiger partial charge in [-0.3, -0.25) is 4.79 Å². The highest BCUT2D eigenvalue weighted by Crippen LogP contribution is 2.44. The first-order chi connectivity index (χ1) is 16.5. The third-order valence-corrected chi connectivity index (χ3v) is 5.98. The van der Waals surface area contributed by atoms with Crippen LogP contribution in [0.4, 0.5) is 4.79 Å². The highest BCUT2D eigenvalue weighted by Gasteiger charge is 2.28. The van der Waals surface area contributed by atoms with Crippen molar-refractivity contribution in [3.8, 4) is 11.1 Å². The van der Waals surface area contributed by atoms with Crippen molar-refractivity contribution in [1.82, 2.24) is 10.6 Å². The lowest BCUT2D eigenvalue weighted by atomic mass is 9.98. The molecule has 0 aromatic heterocycles. The van der Waals surface area contributed by atoms with Crippen LogP contribution in [0, 0.1) is 0 Å². The number of hydrogen-bond acceptors (Lipinski definition) is 4. The van der Waals surface area contributed by atoms with Gasteiger partial charge in [0.2, 0.25) is 5.91 Å². The van der Waals surface area contributed by atoms with Crippen LogP contribution < -0.4 is 10.6 Å². The molecule has 7 heteroatoms. The maximum atomic E-state index is 12.2. The Morgan fingerprint density at radius 2 is 1.59 bits per heavy atom. The number of rotatable bonds is 13. The summed E-state index contributed by atoms with van der Waals surface area (Å²) in [4.78, 5) is 35.1. The molecule has 2 aromatic rings. The van der Waals surface area contributed by atoms with Crippen LogP contribution in [-0.2, 0) is 14.3 Å². The normalized spacial score (nSPS) is 12.8. The molecule has 1 atom stereocenters. The molecular formula is C27H32N2O5. The number of nitrogens with one attached hydrogen (secondary N) is 2. The SMILES string of the molecule is C=CCC(NC(=O)CCCCCCNC(=O)OCC1c2ccccc2-c2ccccc21)C(=O)O. The maximum absolute atomic E-state index is 12.2. The smallest absolute Gasteiger partial charge is 0.407 e. The van der Waals surface area contributed by atoms with Gasteiger partial charge in [-0.2, -0.15) is 0 Å². The summed E-state index contributed by atoms with van der Waals surface area (Å²) >= 11 is 0. The molecule has 0 spiro atoms. The van der Waals surface area contributed by atoms with Crippen molar-refractivity contribution in [2.75, 3.05) is 13.2 Å². The van der Waals surface area contributed by atoms with Crippen LogP contribution in [0.15, 0.2) is 61.2 Å². The summed E-state index contributed by atoms with van der Waals surface area (Å²) in [6.45, 7) is 4.30. The van der Waals surface area contributed by atoms with E-state index >= 15 is 0 Å². The van der Waals surface area contributed by atoms with Gasteiger partial charge in [0, 0.05) is 18.9 Å². The number of benzene rings is 2. The number of fused-ring (bicyclic) bond motifs is 3. The van der Waals surface area contributed by atoms with Crippen LogP contribution in [0.5, 0.6) is 0 Å². The number of hydrogen-bond donors (Lipinski definition) is 3. The summed E-state index contributed by atoms with van der Waals surface area (Å²) in [6, 6.07) is 15.5. The van der Waals surface area contributed by atoms with Crippen molar-refractivity contribution < 1.29 is 24.2 Å². The number of alkyl carbamates (subject to hydrolysis) is 1. The molecule has 0 saturated heterocycles. The Morgan fingerprint density at radius 3 is 2.21 bits per heavy atom. The van der Waals surface area contributed by atoms with E-state index in [0.717, 1.165) is 19.3 Å². The van der Waals surface area contributed by atoms with E-state index in [0.29, 0.717) is 13.0 Å². The minimum absolute atomic E-state index is 0.0384. The average molecular weight is 465 g/mol. The van der Waals surface area contributed by atoms with Gasteiger partial charge in [0.15, 0.2) is 0 Å². The fraction of sp³-hybridized carbons (Fsp3) is 0.370. The summed E-state index contributed by atoms with van der Waals surface area (Å²) in [7, 11) is 0. The highest BCUT2D eigenvalue weighted by atomic mass is 16.5. The van der Waals surface area contributed by atoms with Gasteiger partial charge in [-0.05, 0) is 41.5 Å². The molecular weight excluding hydrogens is 432 g/mol. The van der Waals surface area contributed by atoms with E-state index in [1.807, 2.05) is 24.3 Å². The predicted octanol–water partition coefficient (Wildman–Crippen LogP) is 4.62. The lowest BCUT2D eigenvalue weighted by molar-refractivity contribution is -0.141. The molecule has 3 N–H and O–H groups in total. The zero-order chi connectivity index (χ0) is 24.3. The quantitative estimate of drug-likeness (QED) is 0.296. The van der Waals surface area contributed by atoms with Crippen LogP contribution in [0.1, 0.15) is 55.6 Å². The van der Waals surface area contributed by atoms with Crippen LogP contribution in [-0.4, -0.2) is 42.3 Å². The number of aliphatic carboxylic acids is 1. The summed E-state index contributed by atoms with van der Waals surface area (Å²) in [6.07, 6.45) is 4.64. The summed E-state index contributed by atoms with van der Waals surface area (Å²) in [5.74, 6) is -1.30. The van der Waals surface area contributed by atoms with Gasteiger partial charge in [0.25, 0.3) is 0 Å². The molecule has 0 radical (unpaired) electrons. The van der Waals surface area contributed by atoms with Gasteiger partial charge >= 0.3 is 12.1 Å². The zero-order valence-electron chi connectivity index (χ0n) is 19.3. The van der Waals surface area contributed by atoms with Gasteiger partial charge in [0.05, 0.1) is 0 Å². The minimum Gasteiger partial charge on any atom is -0.480 e. The molecule has 2 amide bonds. The van der Waals surface area contributed by atoms with Crippen molar-refractivity contribution >= 4 is 18.0 Å². The first kappa shape index (κ1) is 25.0. The van der Waals surface area contributed by atoms with Crippen LogP contribution >= 0.6 is 0 Å². The fourth-order valence-electron chi connectivity index (χ4n) is 4.26. The van der Waals surface area contributed by atoms with E-state index in [9.17, 15) is 14.4 Å². The van der Waals surface area contributed by atoms with Gasteiger partial charge in [-0.25, -0.2) is 9.59 Å². The van der Waals surface area contributed by atoms with E-state index in [1.54, 1.807) is 0 Å². The fourth-order valence-corrected chi connectivity index (χ4v) is 4.26. The monoisotopic (exact) mass is 464 g/mol. The zero-order valence-corrected chi connectivity index (χ0v) is 19.3. The molecule has 0 fully saturated rings. The Kier molecular flexibility index (Phi) is 9.26. The van der Waals surface area contributed by atoms with Crippen molar-refractivity contribution in [3.05, 3.63) is 72.3 Å². The topological polar surface area (TPSA) is 105 Å². The van der Waals surface area contributed by atoms with Crippen molar-refractivity contribution in [1.29, 1.82) is 0 Å². The molecule has 2 aromatic carbocycles. The lowest BCUT2D eigenvalue weighted by Crippen LogP contribution is -2.40. The third-order valence-electron chi connectivity index (χ3n) is 5.98. The molecule has 34 heavy (non-hydrogen) atoms. The number of unbranched alkanes of at least 4 members (excludes halogenated alkanes) is 3. The number of amides is 2. The maximum Gasteiger partial charge on any atom is 0.407 e. The minimum atomic E-state index is -1.06. The Bertz CT molecular complexity index is 974. The molecule has 1 aliphatic rings. The molecule has 1 unspecified atom stereocenters. The summed E-state index contributed by atoms with van der Waals surface area (Å²) < 4.78 is 5.52. The number of carboxylic acids is 1. The Balaban J connectivity index is 1.30. The van der Waals surface area contributed by atoms with Crippen molar-refractivity contribution in [2.45, 2.75) is 50.5 Å². The molecule has 0 aliphatic heterocycles. The largest absolute Gasteiger partial charge is 0.480 e. The highest BCUT2D eigenvalue weighted by molar-refractivity contribution is 5.83. The molecule has 3 rings (SSSR count). The predicted molar refractivity (Wildman–Crippen MR) is 131 cm³/mol. The molecule has 1 aliphatic carbocycles. The number of carboxylic acid groups (broad SMARTS) is 1. The lowest BCUT2D eigenvalue weighted by Gasteiger charge is -2.14. The first-order valence-electron chi connectivity index (χ1n) is 11.7. The second-order valence-electron chi connectivity index (χ2n) is 8.40. The van der Waals surface area contributed by atoms with Crippen LogP contribution in [0.3, 0.4) is 0 Å². The first-order valence-corrected chi connectivity index (χ1v) is 11.7. The van der Waals surface area contributed by atoms with E-state index in [4.69, 9.17) is 9.84 Å². The van der Waals surface area contributed by atoms with E-state index < -0.39 is 18.1 Å². The number of carbonyl (C=O) groups is 3. The molecule has 0 heterocycles. The van der Waals surface area contributed by atoms with Crippen molar-refractivity contribution in [2.24, 2.45) is 0 Å². The van der Waals surface area contributed by atoms with Crippen LogP contribution in [0.25, 0.3) is 11.1 Å². The molecule has 0 saturated carbocycles. The standard InChI is InChI=1S/C27H32N2O5/c1-2-11-24(26(31)32)29-25(30)16-5-3-4-10-17-28-27(33)34-18-23-21-14-8-6-12-19(21)20-13-7-9-15-22(20)23/h2,6-9,12-15,23-24H,1,3-5,10-11,16-18H2,(H,28,33)(H,29,30)(H,31,32). The molecule has 180 valence electrons. The van der Waals surface area contributed by atoms with Gasteiger partial charge < -0.3 is 20.5 Å². The number of ether oxygens (including phenoxy) is 1. The Morgan fingerprint density at radius 1 is 0.971 bits per heavy atom. The summed E-state index contributed by atoms with van der Waals surface area (Å²) in [5.41, 5.74) is 4.75. The number of carbonyl (C=O) groups excluding carboxylic acids is 2. The Hall–Kier alpha value is -3.61. The summed E-state index contributed by atoms with van der Waals surface area (Å²) in [5, 5.41) is 14.3. The van der Waals surface area contributed by atoms with E-state index in [-0.39, 0.29) is 31.3 Å². The average Bonchev–Trinajstić information content (AvgIpc) is 3.15. The van der Waals surface area contributed by atoms with Gasteiger partial charge in [-0.15, -0.1) is 6.58 Å². The second-order valence-corrected chi connectivity index (χ2v) is 8.40. The third kappa shape index (κ3) is 6.70.